The van der Waals surface area contributed by atoms with E-state index in [1.807, 2.05) is 6.92 Å². The summed E-state index contributed by atoms with van der Waals surface area (Å²) in [6.45, 7) is 10.1. The number of fused-ring (bicyclic) bond motifs is 2. The number of amides is 1. The first-order chi connectivity index (χ1) is 8.78. The predicted octanol–water partition coefficient (Wildman–Crippen LogP) is 2.55. The zero-order chi connectivity index (χ0) is 13.8. The molecule has 0 radical (unpaired) electrons. The largest absolute Gasteiger partial charge is 0.338 e. The SMILES string of the molecule is CC(NC1CC1)C(=O)N1CC2(C)CC1CC(C)(C)C2. The highest BCUT2D eigenvalue weighted by Crippen LogP contribution is 2.52. The van der Waals surface area contributed by atoms with E-state index in [1.54, 1.807) is 0 Å². The normalized spacial score (nSPS) is 38.3. The van der Waals surface area contributed by atoms with Crippen molar-refractivity contribution in [3.05, 3.63) is 0 Å². The van der Waals surface area contributed by atoms with Gasteiger partial charge in [0.05, 0.1) is 6.04 Å². The average molecular weight is 264 g/mol. The molecule has 0 aromatic carbocycles. The minimum atomic E-state index is -0.00133. The van der Waals surface area contributed by atoms with Gasteiger partial charge in [-0.05, 0) is 49.9 Å². The summed E-state index contributed by atoms with van der Waals surface area (Å²) in [5.41, 5.74) is 0.737. The molecule has 108 valence electrons. The van der Waals surface area contributed by atoms with Gasteiger partial charge >= 0.3 is 0 Å². The van der Waals surface area contributed by atoms with E-state index in [1.165, 1.54) is 32.1 Å². The van der Waals surface area contributed by atoms with E-state index >= 15 is 0 Å². The quantitative estimate of drug-likeness (QED) is 0.849. The average Bonchev–Trinajstić information content (AvgIpc) is 3.01. The number of rotatable bonds is 3. The minimum Gasteiger partial charge on any atom is -0.338 e. The van der Waals surface area contributed by atoms with Crippen LogP contribution in [-0.2, 0) is 4.79 Å². The van der Waals surface area contributed by atoms with E-state index in [-0.39, 0.29) is 6.04 Å². The minimum absolute atomic E-state index is 0.00133. The van der Waals surface area contributed by atoms with Crippen molar-refractivity contribution >= 4 is 5.91 Å². The second kappa shape index (κ2) is 4.21. The number of hydrogen-bond acceptors (Lipinski definition) is 2. The Labute approximate surface area is 117 Å². The van der Waals surface area contributed by atoms with Crippen LogP contribution in [0.2, 0.25) is 0 Å². The summed E-state index contributed by atoms with van der Waals surface area (Å²) in [5.74, 6) is 0.332. The molecule has 3 nitrogen and oxygen atoms in total. The molecule has 3 rings (SSSR count). The third-order valence-electron chi connectivity index (χ3n) is 5.13. The maximum absolute atomic E-state index is 12.7. The first-order valence-corrected chi connectivity index (χ1v) is 7.85. The predicted molar refractivity (Wildman–Crippen MR) is 76.9 cm³/mol. The molecule has 0 aromatic heterocycles. The highest BCUT2D eigenvalue weighted by atomic mass is 16.2. The summed E-state index contributed by atoms with van der Waals surface area (Å²) >= 11 is 0. The first kappa shape index (κ1) is 13.4. The molecule has 2 aliphatic carbocycles. The summed E-state index contributed by atoms with van der Waals surface area (Å²) in [6.07, 6.45) is 6.12. The van der Waals surface area contributed by atoms with Gasteiger partial charge in [-0.15, -0.1) is 0 Å². The van der Waals surface area contributed by atoms with Gasteiger partial charge in [0.15, 0.2) is 0 Å². The topological polar surface area (TPSA) is 32.3 Å². The first-order valence-electron chi connectivity index (χ1n) is 7.85. The second-order valence-corrected chi connectivity index (χ2v) is 8.34. The summed E-state index contributed by atoms with van der Waals surface area (Å²) in [6, 6.07) is 1.08. The standard InChI is InChI=1S/C16H28N2O/c1-11(17-12-5-6-12)14(19)18-10-16(4)8-13(18)7-15(2,3)9-16/h11-13,17H,5-10H2,1-4H3. The smallest absolute Gasteiger partial charge is 0.239 e. The molecular weight excluding hydrogens is 236 g/mol. The number of carbonyl (C=O) groups is 1. The van der Waals surface area contributed by atoms with Crippen LogP contribution >= 0.6 is 0 Å². The van der Waals surface area contributed by atoms with Crippen LogP contribution in [0.3, 0.4) is 0 Å². The fourth-order valence-electron chi connectivity index (χ4n) is 4.64. The van der Waals surface area contributed by atoms with Crippen molar-refractivity contribution in [1.82, 2.24) is 10.2 Å². The van der Waals surface area contributed by atoms with Gasteiger partial charge in [0.2, 0.25) is 5.91 Å². The number of carbonyl (C=O) groups excluding carboxylic acids is 1. The van der Waals surface area contributed by atoms with Crippen molar-refractivity contribution in [2.24, 2.45) is 10.8 Å². The molecule has 1 saturated heterocycles. The maximum Gasteiger partial charge on any atom is 0.239 e. The summed E-state index contributed by atoms with van der Waals surface area (Å²) < 4.78 is 0. The summed E-state index contributed by atoms with van der Waals surface area (Å²) in [5, 5.41) is 3.45. The monoisotopic (exact) mass is 264 g/mol. The lowest BCUT2D eigenvalue weighted by Crippen LogP contribution is -2.47. The highest BCUT2D eigenvalue weighted by molar-refractivity contribution is 5.82. The maximum atomic E-state index is 12.7. The van der Waals surface area contributed by atoms with Gasteiger partial charge in [0.1, 0.15) is 0 Å². The van der Waals surface area contributed by atoms with Gasteiger partial charge in [0, 0.05) is 18.6 Å². The third kappa shape index (κ3) is 2.67. The van der Waals surface area contributed by atoms with Crippen LogP contribution in [0.4, 0.5) is 0 Å². The molecule has 2 saturated carbocycles. The van der Waals surface area contributed by atoms with Crippen LogP contribution < -0.4 is 5.32 Å². The Hall–Kier alpha value is -0.570. The molecule has 19 heavy (non-hydrogen) atoms. The number of nitrogens with zero attached hydrogens (tertiary/aromatic N) is 1. The number of likely N-dealkylation sites (tertiary alicyclic amines) is 1. The van der Waals surface area contributed by atoms with Gasteiger partial charge in [0.25, 0.3) is 0 Å². The van der Waals surface area contributed by atoms with Crippen LogP contribution in [0.1, 0.15) is 59.8 Å². The lowest BCUT2D eigenvalue weighted by Gasteiger charge is -2.39. The van der Waals surface area contributed by atoms with E-state index in [4.69, 9.17) is 0 Å². The van der Waals surface area contributed by atoms with E-state index in [0.29, 0.717) is 28.8 Å². The Kier molecular flexibility index (Phi) is 2.97. The van der Waals surface area contributed by atoms with Crippen molar-refractivity contribution in [3.8, 4) is 0 Å². The van der Waals surface area contributed by atoms with Gasteiger partial charge in [-0.25, -0.2) is 0 Å². The lowest BCUT2D eigenvalue weighted by molar-refractivity contribution is -0.134. The fourth-order valence-corrected chi connectivity index (χ4v) is 4.64. The van der Waals surface area contributed by atoms with Crippen molar-refractivity contribution in [1.29, 1.82) is 0 Å². The van der Waals surface area contributed by atoms with Gasteiger partial charge in [-0.1, -0.05) is 20.8 Å². The molecule has 1 aliphatic heterocycles. The highest BCUT2D eigenvalue weighted by Gasteiger charge is 2.51. The van der Waals surface area contributed by atoms with Gasteiger partial charge in [-0.2, -0.15) is 0 Å². The molecule has 3 unspecified atom stereocenters. The van der Waals surface area contributed by atoms with E-state index in [2.05, 4.69) is 31.0 Å². The van der Waals surface area contributed by atoms with E-state index in [0.717, 1.165) is 6.54 Å². The molecule has 2 bridgehead atoms. The Morgan fingerprint density at radius 1 is 1.26 bits per heavy atom. The molecule has 1 amide bonds. The zero-order valence-electron chi connectivity index (χ0n) is 12.8. The summed E-state index contributed by atoms with van der Waals surface area (Å²) in [4.78, 5) is 14.9. The second-order valence-electron chi connectivity index (χ2n) is 8.34. The van der Waals surface area contributed by atoms with Gasteiger partial charge in [-0.3, -0.25) is 4.79 Å². The fraction of sp³-hybridized carbons (Fsp3) is 0.938. The third-order valence-corrected chi connectivity index (χ3v) is 5.13. The Bertz CT molecular complexity index is 388. The molecular formula is C16H28N2O. The van der Waals surface area contributed by atoms with Crippen molar-refractivity contribution in [2.45, 2.75) is 77.9 Å². The van der Waals surface area contributed by atoms with Crippen molar-refractivity contribution in [2.75, 3.05) is 6.54 Å². The molecule has 1 N–H and O–H groups in total. The number of hydrogen-bond donors (Lipinski definition) is 1. The molecule has 3 fully saturated rings. The summed E-state index contributed by atoms with van der Waals surface area (Å²) in [7, 11) is 0. The van der Waals surface area contributed by atoms with Crippen molar-refractivity contribution < 1.29 is 4.79 Å². The molecule has 0 spiro atoms. The van der Waals surface area contributed by atoms with E-state index in [9.17, 15) is 4.79 Å². The Morgan fingerprint density at radius 2 is 1.95 bits per heavy atom. The molecule has 1 heterocycles. The van der Waals surface area contributed by atoms with Crippen LogP contribution in [0.5, 0.6) is 0 Å². The van der Waals surface area contributed by atoms with Crippen LogP contribution in [0.15, 0.2) is 0 Å². The molecule has 3 aliphatic rings. The Balaban J connectivity index is 1.70. The molecule has 3 atom stereocenters. The van der Waals surface area contributed by atoms with Crippen LogP contribution in [0, 0.1) is 10.8 Å². The Morgan fingerprint density at radius 3 is 2.58 bits per heavy atom. The van der Waals surface area contributed by atoms with Crippen LogP contribution in [0.25, 0.3) is 0 Å². The van der Waals surface area contributed by atoms with Crippen molar-refractivity contribution in [3.63, 3.8) is 0 Å². The van der Waals surface area contributed by atoms with Crippen LogP contribution in [-0.4, -0.2) is 35.5 Å². The van der Waals surface area contributed by atoms with E-state index < -0.39 is 0 Å². The van der Waals surface area contributed by atoms with Gasteiger partial charge < -0.3 is 10.2 Å². The molecule has 3 heteroatoms. The lowest BCUT2D eigenvalue weighted by atomic mass is 9.65. The molecule has 0 aromatic rings. The number of nitrogens with one attached hydrogen (secondary N) is 1. The zero-order valence-corrected chi connectivity index (χ0v) is 12.8.